The van der Waals surface area contributed by atoms with Crippen molar-refractivity contribution in [3.05, 3.63) is 35.6 Å². The Kier molecular flexibility index (Phi) is 3.98. The second kappa shape index (κ2) is 5.95. The molecule has 1 aromatic heterocycles. The lowest BCUT2D eigenvalue weighted by Crippen LogP contribution is -2.57. The normalized spacial score (nSPS) is 16.4. The van der Waals surface area contributed by atoms with Crippen molar-refractivity contribution in [3.8, 4) is 0 Å². The zero-order valence-corrected chi connectivity index (χ0v) is 13.1. The van der Waals surface area contributed by atoms with Crippen LogP contribution in [0.1, 0.15) is 37.0 Å². The monoisotopic (exact) mass is 315 g/mol. The summed E-state index contributed by atoms with van der Waals surface area (Å²) in [5.74, 6) is 0.242. The van der Waals surface area contributed by atoms with Gasteiger partial charge in [0.15, 0.2) is 0 Å². The molecule has 6 nitrogen and oxygen atoms in total. The Morgan fingerprint density at radius 1 is 1.26 bits per heavy atom. The number of carbonyl (C=O) groups excluding carboxylic acids is 2. The Morgan fingerprint density at radius 2 is 1.96 bits per heavy atom. The van der Waals surface area contributed by atoms with Crippen LogP contribution in [0, 0.1) is 6.92 Å². The lowest BCUT2D eigenvalue weighted by molar-refractivity contribution is -0.123. The number of nitrogens with one attached hydrogen (secondary N) is 2. The van der Waals surface area contributed by atoms with Crippen molar-refractivity contribution in [1.29, 1.82) is 0 Å². The van der Waals surface area contributed by atoms with Crippen LogP contribution < -0.4 is 16.4 Å². The van der Waals surface area contributed by atoms with Gasteiger partial charge in [-0.1, -0.05) is 31.0 Å². The first-order chi connectivity index (χ1) is 11.0. The summed E-state index contributed by atoms with van der Waals surface area (Å²) in [4.78, 5) is 23.8. The third kappa shape index (κ3) is 2.88. The highest BCUT2D eigenvalue weighted by molar-refractivity contribution is 5.90. The first kappa shape index (κ1) is 15.4. The predicted molar refractivity (Wildman–Crippen MR) is 86.7 cm³/mol. The molecule has 122 valence electrons. The molecule has 1 aromatic carbocycles. The molecule has 0 aliphatic heterocycles. The van der Waals surface area contributed by atoms with E-state index in [1.165, 1.54) is 0 Å². The number of hydrogen-bond donors (Lipinski definition) is 3. The van der Waals surface area contributed by atoms with E-state index in [0.29, 0.717) is 18.6 Å². The zero-order valence-electron chi connectivity index (χ0n) is 13.1. The number of aryl methyl sites for hydroxylation is 1. The van der Waals surface area contributed by atoms with Gasteiger partial charge in [-0.05, 0) is 25.8 Å². The van der Waals surface area contributed by atoms with Gasteiger partial charge in [-0.15, -0.1) is 0 Å². The minimum absolute atomic E-state index is 0.265. The van der Waals surface area contributed by atoms with E-state index in [9.17, 15) is 9.59 Å². The molecule has 6 heteroatoms. The summed E-state index contributed by atoms with van der Waals surface area (Å²) in [7, 11) is 0. The molecule has 1 aliphatic carbocycles. The average Bonchev–Trinajstić information content (AvgIpc) is 3.12. The summed E-state index contributed by atoms with van der Waals surface area (Å²) in [6.45, 7) is 2.23. The van der Waals surface area contributed by atoms with Crippen LogP contribution in [-0.2, 0) is 11.3 Å². The van der Waals surface area contributed by atoms with Gasteiger partial charge >= 0.3 is 6.03 Å². The van der Waals surface area contributed by atoms with Gasteiger partial charge in [-0.25, -0.2) is 4.79 Å². The molecule has 3 amide bonds. The van der Waals surface area contributed by atoms with Gasteiger partial charge in [0.2, 0.25) is 5.91 Å². The van der Waals surface area contributed by atoms with Crippen molar-refractivity contribution >= 4 is 22.9 Å². The molecule has 1 aliphatic rings. The maximum Gasteiger partial charge on any atom is 0.316 e. The van der Waals surface area contributed by atoms with Gasteiger partial charge in [0, 0.05) is 10.9 Å². The first-order valence-electron chi connectivity index (χ1n) is 7.85. The molecule has 0 unspecified atom stereocenters. The Balaban J connectivity index is 1.66. The number of urea groups is 1. The van der Waals surface area contributed by atoms with Crippen molar-refractivity contribution in [2.24, 2.45) is 5.73 Å². The van der Waals surface area contributed by atoms with E-state index < -0.39 is 17.5 Å². The third-order valence-electron chi connectivity index (χ3n) is 4.63. The molecular formula is C17H21N3O3. The molecule has 0 spiro atoms. The lowest BCUT2D eigenvalue weighted by Gasteiger charge is -2.26. The summed E-state index contributed by atoms with van der Waals surface area (Å²) in [6.07, 6.45) is 2.98. The molecule has 0 saturated heterocycles. The Morgan fingerprint density at radius 3 is 2.61 bits per heavy atom. The molecule has 0 radical (unpaired) electrons. The summed E-state index contributed by atoms with van der Waals surface area (Å²) in [5.41, 5.74) is 6.36. The van der Waals surface area contributed by atoms with Gasteiger partial charge in [-0.3, -0.25) is 4.79 Å². The van der Waals surface area contributed by atoms with Crippen LogP contribution in [0.3, 0.4) is 0 Å². The molecule has 0 atom stereocenters. The van der Waals surface area contributed by atoms with Crippen LogP contribution in [0.15, 0.2) is 28.7 Å². The van der Waals surface area contributed by atoms with Crippen molar-refractivity contribution in [1.82, 2.24) is 10.6 Å². The minimum atomic E-state index is -0.910. The van der Waals surface area contributed by atoms with Gasteiger partial charge in [0.05, 0.1) is 6.54 Å². The van der Waals surface area contributed by atoms with Crippen molar-refractivity contribution in [2.75, 3.05) is 0 Å². The highest BCUT2D eigenvalue weighted by Crippen LogP contribution is 2.29. The van der Waals surface area contributed by atoms with E-state index in [-0.39, 0.29) is 6.54 Å². The first-order valence-corrected chi connectivity index (χ1v) is 7.85. The summed E-state index contributed by atoms with van der Waals surface area (Å²) < 4.78 is 5.76. The minimum Gasteiger partial charge on any atom is -0.459 e. The maximum atomic E-state index is 12.1. The van der Waals surface area contributed by atoms with Crippen LogP contribution in [0.25, 0.3) is 11.0 Å². The predicted octanol–water partition coefficient (Wildman–Crippen LogP) is 2.34. The van der Waals surface area contributed by atoms with Crippen molar-refractivity contribution in [2.45, 2.75) is 44.7 Å². The van der Waals surface area contributed by atoms with Crippen LogP contribution in [-0.4, -0.2) is 17.5 Å². The molecule has 2 aromatic rings. The number of nitrogens with two attached hydrogens (primary N) is 1. The average molecular weight is 315 g/mol. The summed E-state index contributed by atoms with van der Waals surface area (Å²) >= 11 is 0. The van der Waals surface area contributed by atoms with Gasteiger partial charge in [0.25, 0.3) is 0 Å². The number of hydrogen-bond acceptors (Lipinski definition) is 3. The molecule has 1 saturated carbocycles. The largest absolute Gasteiger partial charge is 0.459 e. The Labute approximate surface area is 134 Å². The molecule has 0 bridgehead atoms. The number of carbonyl (C=O) groups is 2. The van der Waals surface area contributed by atoms with Crippen molar-refractivity contribution < 1.29 is 14.0 Å². The third-order valence-corrected chi connectivity index (χ3v) is 4.63. The fourth-order valence-corrected chi connectivity index (χ4v) is 3.23. The van der Waals surface area contributed by atoms with Gasteiger partial charge in [0.1, 0.15) is 16.9 Å². The Hall–Kier alpha value is -2.50. The quantitative estimate of drug-likeness (QED) is 0.807. The number of benzene rings is 1. The molecule has 23 heavy (non-hydrogen) atoms. The fraction of sp³-hybridized carbons (Fsp3) is 0.412. The molecule has 3 rings (SSSR count). The van der Waals surface area contributed by atoms with E-state index in [1.54, 1.807) is 0 Å². The topological polar surface area (TPSA) is 97.4 Å². The Bertz CT molecular complexity index is 745. The van der Waals surface area contributed by atoms with Crippen molar-refractivity contribution in [3.63, 3.8) is 0 Å². The fourth-order valence-electron chi connectivity index (χ4n) is 3.23. The number of para-hydroxylation sites is 1. The standard InChI is InChI=1S/C17H21N3O3/c1-11-12-6-2-3-7-13(12)23-14(11)10-19-16(22)20-17(15(18)21)8-4-5-9-17/h2-3,6-7H,4-5,8-10H2,1H3,(H2,18,21)(H2,19,20,22). The van der Waals surface area contributed by atoms with E-state index in [2.05, 4.69) is 10.6 Å². The van der Waals surface area contributed by atoms with E-state index in [1.807, 2.05) is 31.2 Å². The molecule has 1 heterocycles. The van der Waals surface area contributed by atoms with Gasteiger partial charge < -0.3 is 20.8 Å². The van der Waals surface area contributed by atoms with Crippen LogP contribution in [0.2, 0.25) is 0 Å². The number of primary amides is 1. The zero-order chi connectivity index (χ0) is 16.4. The number of furan rings is 1. The summed E-state index contributed by atoms with van der Waals surface area (Å²) in [6, 6.07) is 7.34. The van der Waals surface area contributed by atoms with E-state index >= 15 is 0 Å². The maximum absolute atomic E-state index is 12.1. The van der Waals surface area contributed by atoms with E-state index in [0.717, 1.165) is 29.4 Å². The second-order valence-electron chi connectivity index (χ2n) is 6.11. The van der Waals surface area contributed by atoms with Crippen LogP contribution in [0.4, 0.5) is 4.79 Å². The number of amides is 3. The smallest absolute Gasteiger partial charge is 0.316 e. The lowest BCUT2D eigenvalue weighted by atomic mass is 9.97. The molecular weight excluding hydrogens is 294 g/mol. The SMILES string of the molecule is Cc1c(CNC(=O)NC2(C(N)=O)CCCC2)oc2ccccc12. The van der Waals surface area contributed by atoms with E-state index in [4.69, 9.17) is 10.2 Å². The molecule has 1 fully saturated rings. The highest BCUT2D eigenvalue weighted by Gasteiger charge is 2.40. The van der Waals surface area contributed by atoms with Crippen LogP contribution >= 0.6 is 0 Å². The highest BCUT2D eigenvalue weighted by atomic mass is 16.3. The number of fused-ring (bicyclic) bond motifs is 1. The summed E-state index contributed by atoms with van der Waals surface area (Å²) in [5, 5.41) is 6.54. The molecule has 4 N–H and O–H groups in total. The van der Waals surface area contributed by atoms with Gasteiger partial charge in [-0.2, -0.15) is 0 Å². The second-order valence-corrected chi connectivity index (χ2v) is 6.11. The van der Waals surface area contributed by atoms with Crippen LogP contribution in [0.5, 0.6) is 0 Å². The number of rotatable bonds is 4.